The fourth-order valence-electron chi connectivity index (χ4n) is 0.896. The first-order chi connectivity index (χ1) is 4.50. The van der Waals surface area contributed by atoms with E-state index in [4.69, 9.17) is 0 Å². The second-order valence-corrected chi connectivity index (χ2v) is 21.5. The second-order valence-electron chi connectivity index (χ2n) is 3.78. The van der Waals surface area contributed by atoms with E-state index in [1.165, 1.54) is 0 Å². The van der Waals surface area contributed by atoms with Crippen molar-refractivity contribution in [1.29, 1.82) is 0 Å². The molecule has 58 valence electrons. The van der Waals surface area contributed by atoms with E-state index >= 15 is 0 Å². The van der Waals surface area contributed by atoms with Crippen molar-refractivity contribution >= 4 is 30.3 Å². The average Bonchev–Trinajstić information content (AvgIpc) is 2.11. The van der Waals surface area contributed by atoms with Crippen LogP contribution in [-0.4, -0.2) is 33.0 Å². The predicted molar refractivity (Wildman–Crippen MR) is 51.6 cm³/mol. The number of nitrogens with zero attached hydrogens (tertiary/aromatic N) is 1. The Hall–Kier alpha value is 0.689. The van der Waals surface area contributed by atoms with Crippen LogP contribution >= 0.6 is 11.9 Å². The van der Waals surface area contributed by atoms with Crippen LogP contribution in [-0.2, 0) is 0 Å². The average molecular weight is 264 g/mol. The Bertz CT molecular complexity index is 150. The van der Waals surface area contributed by atoms with Gasteiger partial charge in [0.05, 0.1) is 0 Å². The van der Waals surface area contributed by atoms with E-state index in [9.17, 15) is 0 Å². The Balaban J connectivity index is 2.55. The molecule has 0 saturated carbocycles. The Morgan fingerprint density at radius 3 is 2.20 bits per heavy atom. The summed E-state index contributed by atoms with van der Waals surface area (Å²) in [5.74, 6) is 0. The van der Waals surface area contributed by atoms with Crippen molar-refractivity contribution in [2.45, 2.75) is 18.1 Å². The van der Waals surface area contributed by atoms with Gasteiger partial charge in [-0.2, -0.15) is 0 Å². The van der Waals surface area contributed by atoms with E-state index < -0.39 is 18.4 Å². The van der Waals surface area contributed by atoms with Crippen molar-refractivity contribution in [2.24, 2.45) is 0 Å². The summed E-state index contributed by atoms with van der Waals surface area (Å²) < 4.78 is 3.08. The fraction of sp³-hybridized carbons (Fsp3) is 0.714. The first kappa shape index (κ1) is 8.78. The van der Waals surface area contributed by atoms with Crippen molar-refractivity contribution in [2.75, 3.05) is 7.05 Å². The molecule has 1 nitrogen and oxygen atoms in total. The van der Waals surface area contributed by atoms with E-state index in [2.05, 4.69) is 38.4 Å². The van der Waals surface area contributed by atoms with Crippen molar-refractivity contribution in [3.63, 3.8) is 0 Å². The zero-order valence-electron chi connectivity index (χ0n) is 7.09. The van der Waals surface area contributed by atoms with Gasteiger partial charge >= 0.3 is 72.0 Å². The molecule has 0 aliphatic carbocycles. The molecule has 0 aromatic rings. The molecule has 1 atom stereocenters. The molecule has 10 heavy (non-hydrogen) atoms. The standard InChI is InChI=1S/C4H6NS.3CH3.Sn/c1-5-3-2-4-6-5;;;;/h2-4H,1H3;3*1H3;. The molecule has 0 aromatic carbocycles. The van der Waals surface area contributed by atoms with Crippen LogP contribution in [0.5, 0.6) is 0 Å². The third-order valence-electron chi connectivity index (χ3n) is 1.60. The molecule has 3 heteroatoms. The van der Waals surface area contributed by atoms with Crippen molar-refractivity contribution in [3.05, 3.63) is 12.3 Å². The molecule has 0 N–H and O–H groups in total. The van der Waals surface area contributed by atoms with Gasteiger partial charge < -0.3 is 0 Å². The van der Waals surface area contributed by atoms with Crippen LogP contribution in [0.3, 0.4) is 0 Å². The fourth-order valence-corrected chi connectivity index (χ4v) is 7.88. The second kappa shape index (κ2) is 2.97. The van der Waals surface area contributed by atoms with Crippen LogP contribution in [0.2, 0.25) is 14.8 Å². The predicted octanol–water partition coefficient (Wildman–Crippen LogP) is 2.34. The quantitative estimate of drug-likeness (QED) is 0.528. The summed E-state index contributed by atoms with van der Waals surface area (Å²) in [6.45, 7) is 0. The number of hydrogen-bond donors (Lipinski definition) is 0. The van der Waals surface area contributed by atoms with Gasteiger partial charge in [0.2, 0.25) is 0 Å². The normalized spacial score (nSPS) is 26.0. The van der Waals surface area contributed by atoms with Gasteiger partial charge in [-0.15, -0.1) is 0 Å². The zero-order chi connectivity index (χ0) is 7.78. The molecular formula is C7H15NSSn. The van der Waals surface area contributed by atoms with Gasteiger partial charge in [0, 0.05) is 0 Å². The van der Waals surface area contributed by atoms with E-state index in [1.54, 1.807) is 0 Å². The Kier molecular flexibility index (Phi) is 2.61. The molecule has 0 amide bonds. The van der Waals surface area contributed by atoms with E-state index in [-0.39, 0.29) is 0 Å². The van der Waals surface area contributed by atoms with Gasteiger partial charge in [0.15, 0.2) is 0 Å². The molecule has 1 aliphatic rings. The van der Waals surface area contributed by atoms with Crippen LogP contribution in [0.25, 0.3) is 0 Å². The third kappa shape index (κ3) is 2.09. The number of rotatable bonds is 1. The summed E-state index contributed by atoms with van der Waals surface area (Å²) in [5.41, 5.74) is 0. The molecule has 0 aromatic heterocycles. The third-order valence-corrected chi connectivity index (χ3v) is 13.5. The summed E-state index contributed by atoms with van der Waals surface area (Å²) in [6.07, 6.45) is 4.55. The molecule has 0 saturated heterocycles. The molecule has 0 fully saturated rings. The van der Waals surface area contributed by atoms with Crippen molar-refractivity contribution in [3.8, 4) is 0 Å². The Morgan fingerprint density at radius 1 is 1.40 bits per heavy atom. The van der Waals surface area contributed by atoms with Crippen molar-refractivity contribution in [1.82, 2.24) is 4.31 Å². The maximum absolute atomic E-state index is 2.48. The number of hydrogen-bond acceptors (Lipinski definition) is 2. The van der Waals surface area contributed by atoms with E-state index in [0.717, 1.165) is 3.27 Å². The Morgan fingerprint density at radius 2 is 2.00 bits per heavy atom. The molecule has 0 bridgehead atoms. The summed E-state index contributed by atoms with van der Waals surface area (Å²) in [4.78, 5) is 7.45. The summed E-state index contributed by atoms with van der Waals surface area (Å²) in [7, 11) is 2.12. The topological polar surface area (TPSA) is 3.24 Å². The van der Waals surface area contributed by atoms with Gasteiger partial charge in [-0.05, 0) is 0 Å². The zero-order valence-corrected chi connectivity index (χ0v) is 10.8. The molecular weight excluding hydrogens is 249 g/mol. The van der Waals surface area contributed by atoms with E-state index in [1.807, 2.05) is 11.9 Å². The summed E-state index contributed by atoms with van der Waals surface area (Å²) in [5, 5.41) is 0. The molecule has 1 aliphatic heterocycles. The first-order valence-corrected chi connectivity index (χ1v) is 14.6. The molecule has 1 heterocycles. The van der Waals surface area contributed by atoms with Gasteiger partial charge in [-0.25, -0.2) is 0 Å². The minimum absolute atomic E-state index is 0.860. The van der Waals surface area contributed by atoms with Crippen LogP contribution in [0.1, 0.15) is 0 Å². The van der Waals surface area contributed by atoms with Gasteiger partial charge in [-0.3, -0.25) is 0 Å². The minimum atomic E-state index is -1.61. The first-order valence-electron chi connectivity index (χ1n) is 3.58. The maximum atomic E-state index is 2.48. The van der Waals surface area contributed by atoms with Crippen LogP contribution in [0, 0.1) is 0 Å². The SMILES string of the molecule is CN1C=C[CH]([Sn]([CH3])([CH3])[CH3])S1. The summed E-state index contributed by atoms with van der Waals surface area (Å²) in [6, 6.07) is 0. The molecule has 0 spiro atoms. The molecule has 0 radical (unpaired) electrons. The van der Waals surface area contributed by atoms with Crippen molar-refractivity contribution < 1.29 is 0 Å². The van der Waals surface area contributed by atoms with Crippen LogP contribution in [0.15, 0.2) is 12.3 Å². The van der Waals surface area contributed by atoms with E-state index in [0.29, 0.717) is 0 Å². The van der Waals surface area contributed by atoms with Gasteiger partial charge in [0.25, 0.3) is 0 Å². The monoisotopic (exact) mass is 265 g/mol. The van der Waals surface area contributed by atoms with Crippen LogP contribution < -0.4 is 0 Å². The Labute approximate surface area is 71.9 Å². The van der Waals surface area contributed by atoms with Gasteiger partial charge in [0.1, 0.15) is 0 Å². The molecule has 1 rings (SSSR count). The summed E-state index contributed by atoms with van der Waals surface area (Å²) >= 11 is 0.378. The molecule has 1 unspecified atom stereocenters. The van der Waals surface area contributed by atoms with Crippen LogP contribution in [0.4, 0.5) is 0 Å². The van der Waals surface area contributed by atoms with Gasteiger partial charge in [-0.1, -0.05) is 0 Å².